The number of hydrogen-bond acceptors (Lipinski definition) is 2. The molecule has 56 valence electrons. The van der Waals surface area contributed by atoms with E-state index in [9.17, 15) is 4.79 Å². The van der Waals surface area contributed by atoms with Crippen molar-refractivity contribution in [3.63, 3.8) is 0 Å². The van der Waals surface area contributed by atoms with Gasteiger partial charge < -0.3 is 10.8 Å². The standard InChI is InChI=1S/C6H9NO2S/c7-4(10)6(5(8)9)2-1-3-6/h1-3H2,(H2,7,10)(H,8,9). The second-order valence-electron chi connectivity index (χ2n) is 2.61. The molecule has 1 rings (SSSR count). The van der Waals surface area contributed by atoms with Crippen LogP contribution in [0.3, 0.4) is 0 Å². The number of hydrogen-bond donors (Lipinski definition) is 2. The van der Waals surface area contributed by atoms with Crippen molar-refractivity contribution in [2.24, 2.45) is 11.1 Å². The zero-order valence-corrected chi connectivity index (χ0v) is 6.28. The molecule has 3 N–H and O–H groups in total. The maximum Gasteiger partial charge on any atom is 0.316 e. The number of rotatable bonds is 2. The quantitative estimate of drug-likeness (QED) is 0.577. The summed E-state index contributed by atoms with van der Waals surface area (Å²) in [4.78, 5) is 10.7. The molecule has 10 heavy (non-hydrogen) atoms. The smallest absolute Gasteiger partial charge is 0.316 e. The third-order valence-corrected chi connectivity index (χ3v) is 2.48. The van der Waals surface area contributed by atoms with Gasteiger partial charge in [-0.1, -0.05) is 18.6 Å². The first kappa shape index (κ1) is 7.47. The minimum Gasteiger partial charge on any atom is -0.481 e. The van der Waals surface area contributed by atoms with Crippen molar-refractivity contribution in [2.75, 3.05) is 0 Å². The Morgan fingerprint density at radius 3 is 2.10 bits per heavy atom. The fraction of sp³-hybridized carbons (Fsp3) is 0.667. The Bertz CT molecular complexity index is 170. The van der Waals surface area contributed by atoms with Crippen LogP contribution in [0.25, 0.3) is 0 Å². The fourth-order valence-electron chi connectivity index (χ4n) is 1.10. The topological polar surface area (TPSA) is 63.3 Å². The van der Waals surface area contributed by atoms with Gasteiger partial charge in [-0.05, 0) is 12.8 Å². The Hall–Kier alpha value is -0.640. The van der Waals surface area contributed by atoms with Crippen LogP contribution < -0.4 is 5.73 Å². The largest absolute Gasteiger partial charge is 0.481 e. The molecule has 0 amide bonds. The van der Waals surface area contributed by atoms with E-state index < -0.39 is 11.4 Å². The van der Waals surface area contributed by atoms with E-state index in [1.54, 1.807) is 0 Å². The van der Waals surface area contributed by atoms with E-state index in [4.69, 9.17) is 10.8 Å². The molecule has 0 atom stereocenters. The number of carboxylic acids is 1. The van der Waals surface area contributed by atoms with E-state index in [1.807, 2.05) is 0 Å². The summed E-state index contributed by atoms with van der Waals surface area (Å²) in [6, 6.07) is 0. The summed E-state index contributed by atoms with van der Waals surface area (Å²) in [6.07, 6.45) is 2.14. The van der Waals surface area contributed by atoms with E-state index in [-0.39, 0.29) is 4.99 Å². The minimum atomic E-state index is -0.869. The van der Waals surface area contributed by atoms with Crippen molar-refractivity contribution in [2.45, 2.75) is 19.3 Å². The average molecular weight is 159 g/mol. The molecule has 3 nitrogen and oxygen atoms in total. The van der Waals surface area contributed by atoms with Crippen molar-refractivity contribution in [1.29, 1.82) is 0 Å². The van der Waals surface area contributed by atoms with Crippen molar-refractivity contribution < 1.29 is 9.90 Å². The second kappa shape index (κ2) is 2.20. The summed E-state index contributed by atoms with van der Waals surface area (Å²) in [5.41, 5.74) is 4.43. The van der Waals surface area contributed by atoms with Crippen LogP contribution in [0.4, 0.5) is 0 Å². The van der Waals surface area contributed by atoms with Crippen molar-refractivity contribution in [3.8, 4) is 0 Å². The van der Waals surface area contributed by atoms with Crippen LogP contribution >= 0.6 is 12.2 Å². The van der Waals surface area contributed by atoms with Crippen LogP contribution in [-0.4, -0.2) is 16.1 Å². The van der Waals surface area contributed by atoms with E-state index >= 15 is 0 Å². The third kappa shape index (κ3) is 0.794. The van der Waals surface area contributed by atoms with Gasteiger partial charge in [-0.25, -0.2) is 0 Å². The number of carboxylic acid groups (broad SMARTS) is 1. The Labute approximate surface area is 64.2 Å². The number of carbonyl (C=O) groups is 1. The highest BCUT2D eigenvalue weighted by Crippen LogP contribution is 2.41. The molecule has 1 aliphatic rings. The zero-order valence-electron chi connectivity index (χ0n) is 5.46. The second-order valence-corrected chi connectivity index (χ2v) is 3.04. The van der Waals surface area contributed by atoms with Gasteiger partial charge in [-0.15, -0.1) is 0 Å². The molecule has 0 aromatic heterocycles. The lowest BCUT2D eigenvalue weighted by Gasteiger charge is -2.36. The van der Waals surface area contributed by atoms with Gasteiger partial charge in [0.2, 0.25) is 0 Å². The third-order valence-electron chi connectivity index (χ3n) is 2.09. The summed E-state index contributed by atoms with van der Waals surface area (Å²) < 4.78 is 0. The normalized spacial score (nSPS) is 21.2. The molecule has 0 radical (unpaired) electrons. The summed E-state index contributed by atoms with van der Waals surface area (Å²) in [5.74, 6) is -0.869. The zero-order chi connectivity index (χ0) is 7.78. The molecule has 1 fully saturated rings. The molecule has 4 heteroatoms. The molecule has 0 aromatic rings. The van der Waals surface area contributed by atoms with Crippen molar-refractivity contribution in [3.05, 3.63) is 0 Å². The predicted octanol–water partition coefficient (Wildman–Crippen LogP) is 0.527. The number of thiocarbonyl (C=S) groups is 1. The van der Waals surface area contributed by atoms with Crippen LogP contribution in [0.1, 0.15) is 19.3 Å². The van der Waals surface area contributed by atoms with E-state index in [1.165, 1.54) is 0 Å². The van der Waals surface area contributed by atoms with Crippen LogP contribution in [-0.2, 0) is 4.79 Å². The summed E-state index contributed by atoms with van der Waals surface area (Å²) >= 11 is 4.65. The van der Waals surface area contributed by atoms with Crippen molar-refractivity contribution >= 4 is 23.2 Å². The summed E-state index contributed by atoms with van der Waals surface area (Å²) in [7, 11) is 0. The van der Waals surface area contributed by atoms with E-state index in [0.717, 1.165) is 6.42 Å². The van der Waals surface area contributed by atoms with Gasteiger partial charge in [0.15, 0.2) is 0 Å². The number of aliphatic carboxylic acids is 1. The monoisotopic (exact) mass is 159 g/mol. The molecule has 0 heterocycles. The Morgan fingerprint density at radius 2 is 2.10 bits per heavy atom. The van der Waals surface area contributed by atoms with Gasteiger partial charge in [0.25, 0.3) is 0 Å². The average Bonchev–Trinajstić information content (AvgIpc) is 1.57. The van der Waals surface area contributed by atoms with Gasteiger partial charge >= 0.3 is 5.97 Å². The summed E-state index contributed by atoms with van der Waals surface area (Å²) in [5, 5.41) is 8.69. The first-order chi connectivity index (χ1) is 4.59. The SMILES string of the molecule is NC(=S)C1(C(=O)O)CCC1. The lowest BCUT2D eigenvalue weighted by Crippen LogP contribution is -2.47. The highest BCUT2D eigenvalue weighted by molar-refractivity contribution is 7.80. The minimum absolute atomic E-state index is 0.131. The first-order valence-corrected chi connectivity index (χ1v) is 3.54. The Balaban J connectivity index is 2.78. The molecule has 0 aromatic carbocycles. The van der Waals surface area contributed by atoms with E-state index in [2.05, 4.69) is 12.2 Å². The van der Waals surface area contributed by atoms with Gasteiger partial charge in [0.05, 0.1) is 4.99 Å². The van der Waals surface area contributed by atoms with Crippen LogP contribution in [0.2, 0.25) is 0 Å². The molecule has 1 saturated carbocycles. The maximum atomic E-state index is 10.6. The fourth-order valence-corrected chi connectivity index (χ4v) is 1.39. The van der Waals surface area contributed by atoms with Crippen molar-refractivity contribution in [1.82, 2.24) is 0 Å². The molecule has 0 saturated heterocycles. The maximum absolute atomic E-state index is 10.6. The number of nitrogens with two attached hydrogens (primary N) is 1. The lowest BCUT2D eigenvalue weighted by atomic mass is 9.69. The van der Waals surface area contributed by atoms with Gasteiger partial charge in [-0.3, -0.25) is 4.79 Å². The molecule has 0 bridgehead atoms. The molecular weight excluding hydrogens is 150 g/mol. The Kier molecular flexibility index (Phi) is 1.64. The molecule has 0 spiro atoms. The van der Waals surface area contributed by atoms with Crippen LogP contribution in [0.15, 0.2) is 0 Å². The highest BCUT2D eigenvalue weighted by atomic mass is 32.1. The van der Waals surface area contributed by atoms with E-state index in [0.29, 0.717) is 12.8 Å². The van der Waals surface area contributed by atoms with Gasteiger partial charge in [0.1, 0.15) is 5.41 Å². The van der Waals surface area contributed by atoms with Crippen LogP contribution in [0, 0.1) is 5.41 Å². The Morgan fingerprint density at radius 1 is 1.60 bits per heavy atom. The molecule has 1 aliphatic carbocycles. The molecular formula is C6H9NO2S. The molecule has 0 aliphatic heterocycles. The first-order valence-electron chi connectivity index (χ1n) is 3.13. The highest BCUT2D eigenvalue weighted by Gasteiger charge is 2.47. The van der Waals surface area contributed by atoms with Gasteiger partial charge in [-0.2, -0.15) is 0 Å². The summed E-state index contributed by atoms with van der Waals surface area (Å²) in [6.45, 7) is 0. The predicted molar refractivity (Wildman–Crippen MR) is 40.7 cm³/mol. The molecule has 0 unspecified atom stereocenters. The lowest BCUT2D eigenvalue weighted by molar-refractivity contribution is -0.148. The van der Waals surface area contributed by atoms with Crippen LogP contribution in [0.5, 0.6) is 0 Å². The van der Waals surface area contributed by atoms with Gasteiger partial charge in [0, 0.05) is 0 Å².